The summed E-state index contributed by atoms with van der Waals surface area (Å²) in [6, 6.07) is 8.26. The second-order valence-corrected chi connectivity index (χ2v) is 5.26. The predicted molar refractivity (Wildman–Crippen MR) is 75.6 cm³/mol. The maximum Gasteiger partial charge on any atom is 0.221 e. The Bertz CT molecular complexity index is 724. The molecule has 1 saturated heterocycles. The van der Waals surface area contributed by atoms with Gasteiger partial charge in [0, 0.05) is 23.6 Å². The molecule has 5 heteroatoms. The van der Waals surface area contributed by atoms with Crippen LogP contribution in [0.1, 0.15) is 29.7 Å². The second-order valence-electron chi connectivity index (χ2n) is 5.26. The minimum Gasteiger partial charge on any atom is -0.425 e. The molecule has 2 aromatic heterocycles. The van der Waals surface area contributed by atoms with Crippen molar-refractivity contribution in [2.45, 2.75) is 18.8 Å². The Morgan fingerprint density at radius 1 is 1.25 bits per heavy atom. The number of hydrogen-bond donors (Lipinski definition) is 2. The van der Waals surface area contributed by atoms with Crippen LogP contribution in [0.15, 0.2) is 34.9 Å². The topological polar surface area (TPSA) is 66.7 Å². The minimum atomic E-state index is 0.374. The van der Waals surface area contributed by atoms with Crippen molar-refractivity contribution in [2.75, 3.05) is 13.1 Å². The minimum absolute atomic E-state index is 0.374. The SMILES string of the molecule is c1ccc2c(Cc3nnc([C@H]4CCNC4)o3)c[nH]c2c1. The van der Waals surface area contributed by atoms with E-state index in [1.807, 2.05) is 18.3 Å². The lowest BCUT2D eigenvalue weighted by Crippen LogP contribution is -2.08. The van der Waals surface area contributed by atoms with Gasteiger partial charge in [-0.3, -0.25) is 0 Å². The molecule has 1 aliphatic rings. The zero-order chi connectivity index (χ0) is 13.4. The monoisotopic (exact) mass is 268 g/mol. The fourth-order valence-electron chi connectivity index (χ4n) is 2.81. The van der Waals surface area contributed by atoms with Crippen LogP contribution in [0.3, 0.4) is 0 Å². The lowest BCUT2D eigenvalue weighted by molar-refractivity contribution is 0.429. The molecule has 0 unspecified atom stereocenters. The second kappa shape index (κ2) is 4.76. The van der Waals surface area contributed by atoms with Crippen molar-refractivity contribution in [1.82, 2.24) is 20.5 Å². The molecule has 1 fully saturated rings. The van der Waals surface area contributed by atoms with Crippen LogP contribution in [-0.2, 0) is 6.42 Å². The van der Waals surface area contributed by atoms with Gasteiger partial charge in [-0.2, -0.15) is 0 Å². The van der Waals surface area contributed by atoms with Gasteiger partial charge < -0.3 is 14.7 Å². The van der Waals surface area contributed by atoms with Gasteiger partial charge in [-0.05, 0) is 24.6 Å². The molecule has 102 valence electrons. The number of H-pyrrole nitrogens is 1. The van der Waals surface area contributed by atoms with E-state index in [1.54, 1.807) is 0 Å². The van der Waals surface area contributed by atoms with Crippen LogP contribution < -0.4 is 5.32 Å². The van der Waals surface area contributed by atoms with E-state index in [4.69, 9.17) is 4.42 Å². The quantitative estimate of drug-likeness (QED) is 0.764. The van der Waals surface area contributed by atoms with E-state index < -0.39 is 0 Å². The van der Waals surface area contributed by atoms with Crippen molar-refractivity contribution >= 4 is 10.9 Å². The number of aromatic amines is 1. The molecule has 0 radical (unpaired) electrons. The van der Waals surface area contributed by atoms with Crippen LogP contribution in [0.5, 0.6) is 0 Å². The van der Waals surface area contributed by atoms with E-state index >= 15 is 0 Å². The van der Waals surface area contributed by atoms with E-state index in [-0.39, 0.29) is 0 Å². The third kappa shape index (κ3) is 2.00. The van der Waals surface area contributed by atoms with Crippen molar-refractivity contribution in [3.63, 3.8) is 0 Å². The summed E-state index contributed by atoms with van der Waals surface area (Å²) in [5, 5.41) is 12.9. The van der Waals surface area contributed by atoms with Gasteiger partial charge >= 0.3 is 0 Å². The number of fused-ring (bicyclic) bond motifs is 1. The molecule has 3 heterocycles. The lowest BCUT2D eigenvalue weighted by atomic mass is 10.1. The number of rotatable bonds is 3. The Labute approximate surface area is 116 Å². The van der Waals surface area contributed by atoms with Gasteiger partial charge in [-0.25, -0.2) is 0 Å². The summed E-state index contributed by atoms with van der Waals surface area (Å²) in [4.78, 5) is 3.27. The van der Waals surface area contributed by atoms with Gasteiger partial charge in [0.25, 0.3) is 0 Å². The van der Waals surface area contributed by atoms with Crippen molar-refractivity contribution < 1.29 is 4.42 Å². The first-order valence-corrected chi connectivity index (χ1v) is 6.98. The maximum absolute atomic E-state index is 5.81. The van der Waals surface area contributed by atoms with Gasteiger partial charge in [0.15, 0.2) is 0 Å². The van der Waals surface area contributed by atoms with Crippen molar-refractivity contribution in [3.05, 3.63) is 47.8 Å². The number of aromatic nitrogens is 3. The fraction of sp³-hybridized carbons (Fsp3) is 0.333. The van der Waals surface area contributed by atoms with E-state index in [9.17, 15) is 0 Å². The summed E-state index contributed by atoms with van der Waals surface area (Å²) in [5.41, 5.74) is 2.34. The molecule has 0 spiro atoms. The average molecular weight is 268 g/mol. The molecule has 4 rings (SSSR count). The fourth-order valence-corrected chi connectivity index (χ4v) is 2.81. The van der Waals surface area contributed by atoms with Crippen LogP contribution in [0.4, 0.5) is 0 Å². The number of nitrogens with one attached hydrogen (secondary N) is 2. The van der Waals surface area contributed by atoms with E-state index in [2.05, 4.69) is 32.6 Å². The number of nitrogens with zero attached hydrogens (tertiary/aromatic N) is 2. The predicted octanol–water partition coefficient (Wildman–Crippen LogP) is 2.22. The molecule has 0 bridgehead atoms. The molecule has 20 heavy (non-hydrogen) atoms. The molecule has 0 amide bonds. The van der Waals surface area contributed by atoms with Crippen LogP contribution in [-0.4, -0.2) is 28.3 Å². The Morgan fingerprint density at radius 3 is 3.10 bits per heavy atom. The molecule has 0 saturated carbocycles. The first-order valence-electron chi connectivity index (χ1n) is 6.98. The third-order valence-electron chi connectivity index (χ3n) is 3.91. The molecular weight excluding hydrogens is 252 g/mol. The Kier molecular flexibility index (Phi) is 2.77. The van der Waals surface area contributed by atoms with Crippen molar-refractivity contribution in [3.8, 4) is 0 Å². The van der Waals surface area contributed by atoms with Crippen molar-refractivity contribution in [1.29, 1.82) is 0 Å². The first-order chi connectivity index (χ1) is 9.90. The zero-order valence-corrected chi connectivity index (χ0v) is 11.1. The van der Waals surface area contributed by atoms with E-state index in [0.717, 1.165) is 30.9 Å². The molecule has 1 aliphatic heterocycles. The Hall–Kier alpha value is -2.14. The molecule has 3 aromatic rings. The van der Waals surface area contributed by atoms with Gasteiger partial charge in [-0.15, -0.1) is 10.2 Å². The highest BCUT2D eigenvalue weighted by atomic mass is 16.4. The smallest absolute Gasteiger partial charge is 0.221 e. The zero-order valence-electron chi connectivity index (χ0n) is 11.1. The van der Waals surface area contributed by atoms with Gasteiger partial charge in [0.05, 0.1) is 12.3 Å². The highest BCUT2D eigenvalue weighted by Gasteiger charge is 2.22. The average Bonchev–Trinajstić information content (AvgIpc) is 3.19. The largest absolute Gasteiger partial charge is 0.425 e. The molecular formula is C15H16N4O. The summed E-state index contributed by atoms with van der Waals surface area (Å²) >= 11 is 0. The van der Waals surface area contributed by atoms with Gasteiger partial charge in [0.1, 0.15) is 0 Å². The van der Waals surface area contributed by atoms with Crippen LogP contribution in [0, 0.1) is 0 Å². The molecule has 5 nitrogen and oxygen atoms in total. The Balaban J connectivity index is 1.59. The highest BCUT2D eigenvalue weighted by molar-refractivity contribution is 5.83. The lowest BCUT2D eigenvalue weighted by Gasteiger charge is -1.99. The highest BCUT2D eigenvalue weighted by Crippen LogP contribution is 2.23. The number of hydrogen-bond acceptors (Lipinski definition) is 4. The van der Waals surface area contributed by atoms with Crippen LogP contribution in [0.25, 0.3) is 10.9 Å². The number of benzene rings is 1. The van der Waals surface area contributed by atoms with Crippen LogP contribution in [0.2, 0.25) is 0 Å². The normalized spacial score (nSPS) is 18.9. The van der Waals surface area contributed by atoms with Gasteiger partial charge in [-0.1, -0.05) is 18.2 Å². The summed E-state index contributed by atoms with van der Waals surface area (Å²) < 4.78 is 5.81. The summed E-state index contributed by atoms with van der Waals surface area (Å²) in [5.74, 6) is 1.83. The molecule has 1 atom stereocenters. The molecule has 2 N–H and O–H groups in total. The summed E-state index contributed by atoms with van der Waals surface area (Å²) in [7, 11) is 0. The standard InChI is InChI=1S/C15H16N4O/c1-2-4-13-12(3-1)11(9-17-13)7-14-18-19-15(20-14)10-5-6-16-8-10/h1-4,9-10,16-17H,5-8H2/t10-/m0/s1. The first kappa shape index (κ1) is 11.7. The molecule has 0 aliphatic carbocycles. The van der Waals surface area contributed by atoms with Crippen molar-refractivity contribution in [2.24, 2.45) is 0 Å². The molecule has 1 aromatic carbocycles. The maximum atomic E-state index is 5.81. The van der Waals surface area contributed by atoms with Gasteiger partial charge in [0.2, 0.25) is 11.8 Å². The summed E-state index contributed by atoms with van der Waals surface area (Å²) in [6.07, 6.45) is 3.78. The van der Waals surface area contributed by atoms with E-state index in [1.165, 1.54) is 10.9 Å². The van der Waals surface area contributed by atoms with Crippen LogP contribution >= 0.6 is 0 Å². The Morgan fingerprint density at radius 2 is 2.20 bits per heavy atom. The summed E-state index contributed by atoms with van der Waals surface area (Å²) in [6.45, 7) is 1.97. The van der Waals surface area contributed by atoms with E-state index in [0.29, 0.717) is 18.2 Å². The third-order valence-corrected chi connectivity index (χ3v) is 3.91. The number of para-hydroxylation sites is 1.